The van der Waals surface area contributed by atoms with Gasteiger partial charge in [0.1, 0.15) is 0 Å². The van der Waals surface area contributed by atoms with Crippen LogP contribution in [0.3, 0.4) is 0 Å². The van der Waals surface area contributed by atoms with E-state index in [1.165, 1.54) is 5.39 Å². The fourth-order valence-corrected chi connectivity index (χ4v) is 3.26. The molecule has 0 radical (unpaired) electrons. The average molecular weight is 352 g/mol. The summed E-state index contributed by atoms with van der Waals surface area (Å²) in [6.45, 7) is 4.03. The van der Waals surface area contributed by atoms with Crippen LogP contribution >= 0.6 is 0 Å². The molecule has 0 aliphatic rings. The van der Waals surface area contributed by atoms with Gasteiger partial charge < -0.3 is 0 Å². The zero-order valence-corrected chi connectivity index (χ0v) is 14.9. The summed E-state index contributed by atoms with van der Waals surface area (Å²) in [7, 11) is 0. The molecule has 2 N–H and O–H groups in total. The Labute approximate surface area is 158 Å². The topological polar surface area (TPSA) is 41.1 Å². The SMILES string of the molecule is C=C(NNC(=O)Cc1cccc2ccccc12)c1ccc2ccccc2c1. The zero-order chi connectivity index (χ0) is 18.6. The van der Waals surface area contributed by atoms with Crippen LogP contribution in [-0.2, 0) is 11.2 Å². The first kappa shape index (κ1) is 16.9. The molecule has 0 atom stereocenters. The fraction of sp³-hybridized carbons (Fsp3) is 0.0417. The van der Waals surface area contributed by atoms with Crippen LogP contribution in [0.25, 0.3) is 27.2 Å². The second kappa shape index (κ2) is 7.34. The number of amides is 1. The molecule has 0 aliphatic heterocycles. The van der Waals surface area contributed by atoms with Crippen molar-refractivity contribution in [1.29, 1.82) is 0 Å². The van der Waals surface area contributed by atoms with E-state index in [-0.39, 0.29) is 5.91 Å². The predicted octanol–water partition coefficient (Wildman–Crippen LogP) is 4.83. The Morgan fingerprint density at radius 1 is 0.741 bits per heavy atom. The number of benzene rings is 4. The summed E-state index contributed by atoms with van der Waals surface area (Å²) in [6, 6.07) is 28.4. The van der Waals surface area contributed by atoms with Gasteiger partial charge in [0.05, 0.1) is 12.1 Å². The molecular weight excluding hydrogens is 332 g/mol. The summed E-state index contributed by atoms with van der Waals surface area (Å²) in [5, 5.41) is 4.55. The first-order valence-electron chi connectivity index (χ1n) is 8.90. The Bertz CT molecular complexity index is 1140. The summed E-state index contributed by atoms with van der Waals surface area (Å²) in [5.41, 5.74) is 8.30. The minimum Gasteiger partial charge on any atom is -0.299 e. The second-order valence-corrected chi connectivity index (χ2v) is 6.53. The molecule has 0 aromatic heterocycles. The van der Waals surface area contributed by atoms with E-state index in [1.54, 1.807) is 0 Å². The number of rotatable bonds is 5. The van der Waals surface area contributed by atoms with Gasteiger partial charge in [-0.15, -0.1) is 0 Å². The minimum atomic E-state index is -0.103. The van der Waals surface area contributed by atoms with Gasteiger partial charge in [-0.25, -0.2) is 0 Å². The highest BCUT2D eigenvalue weighted by Crippen LogP contribution is 2.20. The largest absolute Gasteiger partial charge is 0.299 e. The third kappa shape index (κ3) is 3.67. The smallest absolute Gasteiger partial charge is 0.242 e. The first-order valence-corrected chi connectivity index (χ1v) is 8.90. The van der Waals surface area contributed by atoms with Crippen molar-refractivity contribution < 1.29 is 4.79 Å². The van der Waals surface area contributed by atoms with Gasteiger partial charge in [0.25, 0.3) is 0 Å². The molecule has 0 unspecified atom stereocenters. The molecule has 0 bridgehead atoms. The molecule has 132 valence electrons. The number of hydrogen-bond acceptors (Lipinski definition) is 2. The molecule has 0 spiro atoms. The number of hydrazine groups is 1. The lowest BCUT2D eigenvalue weighted by atomic mass is 10.0. The highest BCUT2D eigenvalue weighted by molar-refractivity contribution is 5.90. The molecule has 0 saturated carbocycles. The lowest BCUT2D eigenvalue weighted by Crippen LogP contribution is -2.36. The van der Waals surface area contributed by atoms with Gasteiger partial charge in [-0.2, -0.15) is 0 Å². The monoisotopic (exact) mass is 352 g/mol. The van der Waals surface area contributed by atoms with E-state index in [4.69, 9.17) is 0 Å². The van der Waals surface area contributed by atoms with Crippen molar-refractivity contribution in [1.82, 2.24) is 10.9 Å². The average Bonchev–Trinajstić information content (AvgIpc) is 2.72. The molecule has 3 heteroatoms. The van der Waals surface area contributed by atoms with E-state index in [2.05, 4.69) is 53.8 Å². The van der Waals surface area contributed by atoms with Gasteiger partial charge in [0, 0.05) is 0 Å². The molecule has 27 heavy (non-hydrogen) atoms. The van der Waals surface area contributed by atoms with Crippen LogP contribution in [0.5, 0.6) is 0 Å². The zero-order valence-electron chi connectivity index (χ0n) is 14.9. The Morgan fingerprint density at radius 3 is 2.30 bits per heavy atom. The third-order valence-corrected chi connectivity index (χ3v) is 4.68. The highest BCUT2D eigenvalue weighted by Gasteiger charge is 2.07. The van der Waals surface area contributed by atoms with Crippen molar-refractivity contribution >= 4 is 33.1 Å². The Kier molecular flexibility index (Phi) is 4.58. The van der Waals surface area contributed by atoms with Crippen LogP contribution in [0.15, 0.2) is 91.5 Å². The van der Waals surface area contributed by atoms with Crippen molar-refractivity contribution in [2.24, 2.45) is 0 Å². The first-order chi connectivity index (χ1) is 13.2. The summed E-state index contributed by atoms with van der Waals surface area (Å²) < 4.78 is 0. The van der Waals surface area contributed by atoms with Crippen molar-refractivity contribution in [2.45, 2.75) is 6.42 Å². The van der Waals surface area contributed by atoms with Gasteiger partial charge in [0.2, 0.25) is 5.91 Å². The molecule has 0 saturated heterocycles. The van der Waals surface area contributed by atoms with Crippen molar-refractivity contribution in [3.8, 4) is 0 Å². The standard InChI is InChI=1S/C24H20N2O/c1-17(20-14-13-18-7-2-3-9-21(18)15-20)25-26-24(27)16-22-11-6-10-19-8-4-5-12-23(19)22/h2-15,25H,1,16H2,(H,26,27). The molecule has 0 aliphatic carbocycles. The van der Waals surface area contributed by atoms with Crippen molar-refractivity contribution in [2.75, 3.05) is 0 Å². The van der Waals surface area contributed by atoms with E-state index in [9.17, 15) is 4.79 Å². The van der Waals surface area contributed by atoms with Gasteiger partial charge in [-0.3, -0.25) is 15.6 Å². The molecule has 4 rings (SSSR count). The van der Waals surface area contributed by atoms with Crippen LogP contribution < -0.4 is 10.9 Å². The number of nitrogens with one attached hydrogen (secondary N) is 2. The molecule has 4 aromatic carbocycles. The third-order valence-electron chi connectivity index (χ3n) is 4.68. The molecule has 1 amide bonds. The van der Waals surface area contributed by atoms with Crippen molar-refractivity contribution in [3.63, 3.8) is 0 Å². The van der Waals surface area contributed by atoms with Crippen LogP contribution in [-0.4, -0.2) is 5.91 Å². The van der Waals surface area contributed by atoms with E-state index in [0.29, 0.717) is 12.1 Å². The van der Waals surface area contributed by atoms with E-state index in [1.807, 2.05) is 48.5 Å². The molecule has 0 heterocycles. The lowest BCUT2D eigenvalue weighted by molar-refractivity contribution is -0.121. The van der Waals surface area contributed by atoms with Crippen LogP contribution in [0.4, 0.5) is 0 Å². The Balaban J connectivity index is 1.43. The number of fused-ring (bicyclic) bond motifs is 2. The summed E-state index contributed by atoms with van der Waals surface area (Å²) >= 11 is 0. The van der Waals surface area contributed by atoms with E-state index < -0.39 is 0 Å². The number of carbonyl (C=O) groups excluding carboxylic acids is 1. The minimum absolute atomic E-state index is 0.103. The maximum atomic E-state index is 12.4. The second-order valence-electron chi connectivity index (χ2n) is 6.53. The predicted molar refractivity (Wildman–Crippen MR) is 112 cm³/mol. The number of hydrogen-bond donors (Lipinski definition) is 2. The van der Waals surface area contributed by atoms with E-state index in [0.717, 1.165) is 27.3 Å². The maximum absolute atomic E-state index is 12.4. The van der Waals surface area contributed by atoms with Crippen LogP contribution in [0.1, 0.15) is 11.1 Å². The Morgan fingerprint density at radius 2 is 1.44 bits per heavy atom. The molecule has 0 fully saturated rings. The highest BCUT2D eigenvalue weighted by atomic mass is 16.2. The molecular formula is C24H20N2O. The Hall–Kier alpha value is -3.59. The normalized spacial score (nSPS) is 10.7. The summed E-state index contributed by atoms with van der Waals surface area (Å²) in [4.78, 5) is 12.4. The van der Waals surface area contributed by atoms with Crippen LogP contribution in [0, 0.1) is 0 Å². The van der Waals surface area contributed by atoms with Gasteiger partial charge in [0.15, 0.2) is 0 Å². The van der Waals surface area contributed by atoms with Gasteiger partial charge >= 0.3 is 0 Å². The van der Waals surface area contributed by atoms with E-state index >= 15 is 0 Å². The summed E-state index contributed by atoms with van der Waals surface area (Å²) in [6.07, 6.45) is 0.305. The lowest BCUT2D eigenvalue weighted by Gasteiger charge is -2.13. The molecule has 3 nitrogen and oxygen atoms in total. The summed E-state index contributed by atoms with van der Waals surface area (Å²) in [5.74, 6) is -0.103. The fourth-order valence-electron chi connectivity index (χ4n) is 3.26. The molecule has 4 aromatic rings. The number of carbonyl (C=O) groups is 1. The van der Waals surface area contributed by atoms with Crippen LogP contribution in [0.2, 0.25) is 0 Å². The quantitative estimate of drug-likeness (QED) is 0.505. The van der Waals surface area contributed by atoms with Gasteiger partial charge in [-0.05, 0) is 38.7 Å². The van der Waals surface area contributed by atoms with Crippen molar-refractivity contribution in [3.05, 3.63) is 103 Å². The van der Waals surface area contributed by atoms with Gasteiger partial charge in [-0.1, -0.05) is 85.4 Å². The maximum Gasteiger partial charge on any atom is 0.242 e.